The molecule has 0 unspecified atom stereocenters. The Morgan fingerprint density at radius 3 is 2.48 bits per heavy atom. The fraction of sp³-hybridized carbons (Fsp3) is 0.286. The minimum Gasteiger partial charge on any atom is -1.00 e. The molecule has 1 N–H and O–H groups in total. The summed E-state index contributed by atoms with van der Waals surface area (Å²) in [5.74, 6) is 0. The summed E-state index contributed by atoms with van der Waals surface area (Å²) in [5.41, 5.74) is 5.68. The number of aromatic amines is 1. The highest BCUT2D eigenvalue weighted by Gasteiger charge is 2.16. The van der Waals surface area contributed by atoms with Gasteiger partial charge in [-0.25, -0.2) is 4.98 Å². The highest BCUT2D eigenvalue weighted by Crippen LogP contribution is 2.32. The molecule has 3 rings (SSSR count). The number of tetrazole rings is 1. The van der Waals surface area contributed by atoms with E-state index >= 15 is 0 Å². The van der Waals surface area contributed by atoms with Gasteiger partial charge in [0.25, 0.3) is 6.33 Å². The lowest BCUT2D eigenvalue weighted by atomic mass is 10.0. The third-order valence-corrected chi connectivity index (χ3v) is 4.53. The topological polar surface area (TPSA) is 58.3 Å². The van der Waals surface area contributed by atoms with E-state index in [0.29, 0.717) is 0 Å². The van der Waals surface area contributed by atoms with Crippen LogP contribution in [0.3, 0.4) is 0 Å². The molecule has 7 heteroatoms. The Kier molecular flexibility index (Phi) is 4.53. The second-order valence-electron chi connectivity index (χ2n) is 4.92. The average molecular weight is 366 g/mol. The SMILES string of the molecule is Cc1cc(-c2nc(C)c(C)s2)c(C)c(-[n+]2cnn[nH]2)c1.[Br-]. The Morgan fingerprint density at radius 2 is 1.90 bits per heavy atom. The van der Waals surface area contributed by atoms with Gasteiger partial charge in [-0.3, -0.25) is 0 Å². The third kappa shape index (κ3) is 2.89. The molecule has 0 radical (unpaired) electrons. The summed E-state index contributed by atoms with van der Waals surface area (Å²) in [5, 5.41) is 11.5. The van der Waals surface area contributed by atoms with Crippen LogP contribution in [0.2, 0.25) is 0 Å². The number of benzene rings is 1. The van der Waals surface area contributed by atoms with Crippen molar-refractivity contribution in [3.8, 4) is 16.3 Å². The van der Waals surface area contributed by atoms with Gasteiger partial charge in [-0.2, -0.15) is 0 Å². The molecule has 0 aliphatic carbocycles. The van der Waals surface area contributed by atoms with E-state index in [9.17, 15) is 0 Å². The molecule has 0 amide bonds. The first kappa shape index (κ1) is 15.8. The molecule has 2 heterocycles. The molecule has 0 saturated carbocycles. The molecular weight excluding hydrogens is 350 g/mol. The van der Waals surface area contributed by atoms with E-state index in [1.165, 1.54) is 21.6 Å². The molecule has 2 aromatic heterocycles. The van der Waals surface area contributed by atoms with Crippen molar-refractivity contribution < 1.29 is 21.7 Å². The number of hydrogen-bond donors (Lipinski definition) is 1. The monoisotopic (exact) mass is 365 g/mol. The van der Waals surface area contributed by atoms with Crippen molar-refractivity contribution in [1.29, 1.82) is 0 Å². The molecule has 0 aliphatic heterocycles. The van der Waals surface area contributed by atoms with Crippen LogP contribution >= 0.6 is 11.3 Å². The van der Waals surface area contributed by atoms with Crippen LogP contribution in [0.5, 0.6) is 0 Å². The van der Waals surface area contributed by atoms with Crippen LogP contribution < -0.4 is 21.7 Å². The molecule has 0 saturated heterocycles. The van der Waals surface area contributed by atoms with Crippen LogP contribution in [0.25, 0.3) is 16.3 Å². The molecular formula is C14H16BrN5S. The third-order valence-electron chi connectivity index (χ3n) is 3.42. The lowest BCUT2D eigenvalue weighted by molar-refractivity contribution is -0.660. The van der Waals surface area contributed by atoms with Gasteiger partial charge in [-0.15, -0.1) is 16.0 Å². The van der Waals surface area contributed by atoms with Gasteiger partial charge in [0, 0.05) is 16.0 Å². The van der Waals surface area contributed by atoms with Crippen molar-refractivity contribution in [2.24, 2.45) is 0 Å². The standard InChI is InChI=1S/C14H15N5S.BrH/c1-8-5-12(14-16-10(3)11(4)20-14)9(2)13(6-8)19-7-15-17-18-19;/h5-7H,1-4H3;1H. The van der Waals surface area contributed by atoms with Gasteiger partial charge in [0.2, 0.25) is 0 Å². The molecule has 1 aromatic carbocycles. The van der Waals surface area contributed by atoms with Gasteiger partial charge in [-0.05, 0) is 45.4 Å². The number of hydrogen-bond acceptors (Lipinski definition) is 4. The maximum atomic E-state index is 4.67. The summed E-state index contributed by atoms with van der Waals surface area (Å²) in [6, 6.07) is 4.30. The maximum absolute atomic E-state index is 4.67. The number of aryl methyl sites for hydroxylation is 3. The summed E-state index contributed by atoms with van der Waals surface area (Å²) in [6.07, 6.45) is 1.67. The van der Waals surface area contributed by atoms with Gasteiger partial charge >= 0.3 is 0 Å². The Morgan fingerprint density at radius 1 is 1.14 bits per heavy atom. The minimum absolute atomic E-state index is 0. The number of H-pyrrole nitrogens is 1. The smallest absolute Gasteiger partial charge is 0.293 e. The van der Waals surface area contributed by atoms with Crippen LogP contribution in [0.15, 0.2) is 18.5 Å². The first-order valence-corrected chi connectivity index (χ1v) is 7.21. The molecule has 110 valence electrons. The van der Waals surface area contributed by atoms with Crippen LogP contribution in [-0.2, 0) is 0 Å². The summed E-state index contributed by atoms with van der Waals surface area (Å²) >= 11 is 1.73. The number of aromatic nitrogens is 5. The average Bonchev–Trinajstić information content (AvgIpc) is 3.03. The quantitative estimate of drug-likeness (QED) is 0.619. The Bertz CT molecular complexity index is 745. The zero-order chi connectivity index (χ0) is 14.3. The van der Waals surface area contributed by atoms with Crippen LogP contribution in [0.1, 0.15) is 21.7 Å². The van der Waals surface area contributed by atoms with Crippen molar-refractivity contribution in [3.05, 3.63) is 40.2 Å². The van der Waals surface area contributed by atoms with Crippen molar-refractivity contribution in [2.45, 2.75) is 27.7 Å². The molecule has 0 aliphatic rings. The van der Waals surface area contributed by atoms with E-state index in [1.54, 1.807) is 17.7 Å². The molecule has 3 aromatic rings. The Labute approximate surface area is 137 Å². The Balaban J connectivity index is 0.00000161. The lowest BCUT2D eigenvalue weighted by Crippen LogP contribution is -3.00. The molecule has 0 bridgehead atoms. The summed E-state index contributed by atoms with van der Waals surface area (Å²) < 4.78 is 1.82. The van der Waals surface area contributed by atoms with Crippen LogP contribution in [-0.4, -0.2) is 20.5 Å². The number of halogens is 1. The second kappa shape index (κ2) is 6.03. The van der Waals surface area contributed by atoms with Crippen molar-refractivity contribution in [2.75, 3.05) is 0 Å². The predicted octanol–water partition coefficient (Wildman–Crippen LogP) is -0.557. The molecule has 5 nitrogen and oxygen atoms in total. The maximum Gasteiger partial charge on any atom is 0.293 e. The molecule has 0 fully saturated rings. The summed E-state index contributed by atoms with van der Waals surface area (Å²) in [6.45, 7) is 8.35. The van der Waals surface area contributed by atoms with E-state index in [2.05, 4.69) is 60.3 Å². The highest BCUT2D eigenvalue weighted by molar-refractivity contribution is 7.15. The van der Waals surface area contributed by atoms with Gasteiger partial charge < -0.3 is 17.0 Å². The zero-order valence-corrected chi connectivity index (χ0v) is 14.7. The second-order valence-corrected chi connectivity index (χ2v) is 6.12. The zero-order valence-electron chi connectivity index (χ0n) is 12.3. The first-order chi connectivity index (χ1) is 9.56. The van der Waals surface area contributed by atoms with E-state index in [0.717, 1.165) is 16.4 Å². The molecule has 0 spiro atoms. The van der Waals surface area contributed by atoms with Gasteiger partial charge in [-0.1, -0.05) is 5.21 Å². The Hall–Kier alpha value is -1.60. The van der Waals surface area contributed by atoms with Gasteiger partial charge in [0.1, 0.15) is 15.8 Å². The number of nitrogens with one attached hydrogen (secondary N) is 1. The van der Waals surface area contributed by atoms with Crippen molar-refractivity contribution in [1.82, 2.24) is 20.5 Å². The fourth-order valence-electron chi connectivity index (χ4n) is 2.19. The lowest BCUT2D eigenvalue weighted by Gasteiger charge is -2.08. The number of rotatable bonds is 2. The van der Waals surface area contributed by atoms with E-state index < -0.39 is 0 Å². The van der Waals surface area contributed by atoms with Crippen LogP contribution in [0, 0.1) is 27.7 Å². The largest absolute Gasteiger partial charge is 1.00 e. The summed E-state index contributed by atoms with van der Waals surface area (Å²) in [7, 11) is 0. The van der Waals surface area contributed by atoms with Crippen molar-refractivity contribution >= 4 is 11.3 Å². The predicted molar refractivity (Wildman–Crippen MR) is 78.0 cm³/mol. The van der Waals surface area contributed by atoms with Gasteiger partial charge in [0.05, 0.1) is 5.69 Å². The van der Waals surface area contributed by atoms with E-state index in [4.69, 9.17) is 0 Å². The minimum atomic E-state index is 0. The number of nitrogens with zero attached hydrogens (tertiary/aromatic N) is 4. The summed E-state index contributed by atoms with van der Waals surface area (Å²) in [4.78, 5) is 5.93. The fourth-order valence-corrected chi connectivity index (χ4v) is 3.18. The molecule has 21 heavy (non-hydrogen) atoms. The van der Waals surface area contributed by atoms with Gasteiger partial charge in [0.15, 0.2) is 5.21 Å². The van der Waals surface area contributed by atoms with E-state index in [-0.39, 0.29) is 17.0 Å². The molecule has 0 atom stereocenters. The number of thiazole rings is 1. The highest BCUT2D eigenvalue weighted by atomic mass is 79.9. The van der Waals surface area contributed by atoms with Crippen LogP contribution in [0.4, 0.5) is 0 Å². The first-order valence-electron chi connectivity index (χ1n) is 6.40. The van der Waals surface area contributed by atoms with E-state index in [1.807, 2.05) is 4.68 Å². The normalized spacial score (nSPS) is 10.5. The van der Waals surface area contributed by atoms with Crippen molar-refractivity contribution in [3.63, 3.8) is 0 Å².